The quantitative estimate of drug-likeness (QED) is 0.517. The van der Waals surface area contributed by atoms with E-state index >= 15 is 0 Å². The van der Waals surface area contributed by atoms with Gasteiger partial charge in [0.2, 0.25) is 0 Å². The molecule has 2 N–H and O–H groups in total. The smallest absolute Gasteiger partial charge is 0.261 e. The first kappa shape index (κ1) is 17.9. The van der Waals surface area contributed by atoms with Gasteiger partial charge in [0.15, 0.2) is 10.1 Å². The van der Waals surface area contributed by atoms with Crippen LogP contribution in [0.1, 0.15) is 37.0 Å². The van der Waals surface area contributed by atoms with Crippen LogP contribution in [0.2, 0.25) is 0 Å². The standard InChI is InChI=1S/C16H20N4O3S/c1-3-5-8-17-11-6-7-13(23-4-2)12(9-11)15(21)19-16-18-10-14(20-22)24-16/h6-7,9-10,17H,3-5,8H2,1-2H3,(H,18,19,21). The third-order valence-electron chi connectivity index (χ3n) is 3.19. The molecule has 0 aliphatic rings. The lowest BCUT2D eigenvalue weighted by atomic mass is 10.1. The van der Waals surface area contributed by atoms with Gasteiger partial charge in [0.1, 0.15) is 5.75 Å². The van der Waals surface area contributed by atoms with Gasteiger partial charge in [0.05, 0.1) is 18.4 Å². The Morgan fingerprint density at radius 2 is 2.21 bits per heavy atom. The number of nitroso groups, excluding NO2 is 1. The molecule has 2 rings (SSSR count). The number of ether oxygens (including phenoxy) is 1. The first-order valence-corrected chi connectivity index (χ1v) is 8.60. The summed E-state index contributed by atoms with van der Waals surface area (Å²) in [6, 6.07) is 5.41. The molecular weight excluding hydrogens is 328 g/mol. The Balaban J connectivity index is 2.18. The Labute approximate surface area is 144 Å². The van der Waals surface area contributed by atoms with Crippen LogP contribution in [0.25, 0.3) is 0 Å². The van der Waals surface area contributed by atoms with Crippen LogP contribution in [0.5, 0.6) is 5.75 Å². The third-order valence-corrected chi connectivity index (χ3v) is 3.98. The van der Waals surface area contributed by atoms with Gasteiger partial charge in [0, 0.05) is 12.2 Å². The second kappa shape index (κ2) is 8.97. The number of rotatable bonds is 9. The van der Waals surface area contributed by atoms with E-state index in [2.05, 4.69) is 27.7 Å². The van der Waals surface area contributed by atoms with Crippen LogP contribution in [0.4, 0.5) is 15.8 Å². The molecule has 0 unspecified atom stereocenters. The van der Waals surface area contributed by atoms with Crippen molar-refractivity contribution in [3.05, 3.63) is 34.9 Å². The molecule has 2 aromatic rings. The number of nitrogens with zero attached hydrogens (tertiary/aromatic N) is 2. The number of amides is 1. The Morgan fingerprint density at radius 1 is 1.38 bits per heavy atom. The average Bonchev–Trinajstić information content (AvgIpc) is 3.04. The fourth-order valence-electron chi connectivity index (χ4n) is 2.04. The highest BCUT2D eigenvalue weighted by molar-refractivity contribution is 7.19. The number of aromatic nitrogens is 1. The van der Waals surface area contributed by atoms with E-state index in [0.717, 1.165) is 36.4 Å². The van der Waals surface area contributed by atoms with Gasteiger partial charge in [-0.1, -0.05) is 24.7 Å². The summed E-state index contributed by atoms with van der Waals surface area (Å²) in [4.78, 5) is 26.9. The summed E-state index contributed by atoms with van der Waals surface area (Å²) in [5.41, 5.74) is 1.26. The fraction of sp³-hybridized carbons (Fsp3) is 0.375. The molecule has 0 fully saturated rings. The third kappa shape index (κ3) is 4.76. The number of unbranched alkanes of at least 4 members (excludes halogenated alkanes) is 1. The summed E-state index contributed by atoms with van der Waals surface area (Å²) in [6.45, 7) is 5.28. The van der Waals surface area contributed by atoms with Crippen LogP contribution < -0.4 is 15.4 Å². The molecular formula is C16H20N4O3S. The molecule has 1 amide bonds. The van der Waals surface area contributed by atoms with Crippen molar-refractivity contribution in [2.24, 2.45) is 5.18 Å². The van der Waals surface area contributed by atoms with E-state index in [1.54, 1.807) is 12.1 Å². The zero-order valence-corrected chi connectivity index (χ0v) is 14.5. The number of anilines is 2. The van der Waals surface area contributed by atoms with Gasteiger partial charge >= 0.3 is 0 Å². The van der Waals surface area contributed by atoms with E-state index in [-0.39, 0.29) is 10.9 Å². The number of hydrogen-bond donors (Lipinski definition) is 2. The van der Waals surface area contributed by atoms with Gasteiger partial charge in [-0.05, 0) is 36.7 Å². The molecule has 128 valence electrons. The molecule has 0 spiro atoms. The van der Waals surface area contributed by atoms with Gasteiger partial charge in [-0.25, -0.2) is 4.98 Å². The lowest BCUT2D eigenvalue weighted by Crippen LogP contribution is -2.14. The van der Waals surface area contributed by atoms with E-state index in [1.165, 1.54) is 6.20 Å². The summed E-state index contributed by atoms with van der Waals surface area (Å²) in [5.74, 6) is 0.158. The molecule has 0 radical (unpaired) electrons. The Hall–Kier alpha value is -2.48. The van der Waals surface area contributed by atoms with Crippen molar-refractivity contribution >= 4 is 33.1 Å². The van der Waals surface area contributed by atoms with Crippen LogP contribution in [0.3, 0.4) is 0 Å². The van der Waals surface area contributed by atoms with Crippen LogP contribution >= 0.6 is 11.3 Å². The SMILES string of the molecule is CCCCNc1ccc(OCC)c(C(=O)Nc2ncc(N=O)s2)c1. The zero-order chi connectivity index (χ0) is 17.4. The number of carbonyl (C=O) groups excluding carboxylic acids is 1. The van der Waals surface area contributed by atoms with Gasteiger partial charge in [0.25, 0.3) is 5.91 Å². The molecule has 0 aliphatic carbocycles. The zero-order valence-electron chi connectivity index (χ0n) is 13.7. The maximum Gasteiger partial charge on any atom is 0.261 e. The highest BCUT2D eigenvalue weighted by Crippen LogP contribution is 2.28. The summed E-state index contributed by atoms with van der Waals surface area (Å²) in [6.07, 6.45) is 3.46. The normalized spacial score (nSPS) is 10.2. The van der Waals surface area contributed by atoms with Crippen molar-refractivity contribution in [1.29, 1.82) is 0 Å². The minimum absolute atomic E-state index is 0.213. The van der Waals surface area contributed by atoms with Gasteiger partial charge in [-0.15, -0.1) is 4.91 Å². The van der Waals surface area contributed by atoms with Crippen molar-refractivity contribution in [3.8, 4) is 5.75 Å². The number of hydrogen-bond acceptors (Lipinski definition) is 7. The monoisotopic (exact) mass is 348 g/mol. The fourth-order valence-corrected chi connectivity index (χ4v) is 2.63. The molecule has 7 nitrogen and oxygen atoms in total. The minimum atomic E-state index is -0.343. The van der Waals surface area contributed by atoms with E-state index in [9.17, 15) is 9.70 Å². The molecule has 0 aliphatic heterocycles. The van der Waals surface area contributed by atoms with Gasteiger partial charge in [-0.2, -0.15) is 0 Å². The highest BCUT2D eigenvalue weighted by atomic mass is 32.1. The van der Waals surface area contributed by atoms with Crippen molar-refractivity contribution in [1.82, 2.24) is 4.98 Å². The number of carbonyl (C=O) groups is 1. The number of benzene rings is 1. The minimum Gasteiger partial charge on any atom is -0.493 e. The molecule has 1 aromatic heterocycles. The lowest BCUT2D eigenvalue weighted by molar-refractivity contribution is 0.102. The highest BCUT2D eigenvalue weighted by Gasteiger charge is 2.15. The molecule has 0 saturated heterocycles. The van der Waals surface area contributed by atoms with Crippen LogP contribution in [0.15, 0.2) is 29.6 Å². The first-order chi connectivity index (χ1) is 11.7. The van der Waals surface area contributed by atoms with Crippen molar-refractivity contribution in [3.63, 3.8) is 0 Å². The number of nitrogens with one attached hydrogen (secondary N) is 2. The van der Waals surface area contributed by atoms with Crippen molar-refractivity contribution in [2.75, 3.05) is 23.8 Å². The molecule has 8 heteroatoms. The lowest BCUT2D eigenvalue weighted by Gasteiger charge is -2.12. The average molecular weight is 348 g/mol. The van der Waals surface area contributed by atoms with Crippen LogP contribution in [0, 0.1) is 4.91 Å². The summed E-state index contributed by atoms with van der Waals surface area (Å²) < 4.78 is 5.53. The van der Waals surface area contributed by atoms with E-state index < -0.39 is 0 Å². The summed E-state index contributed by atoms with van der Waals surface area (Å²) in [5, 5.41) is 9.28. The second-order valence-electron chi connectivity index (χ2n) is 4.97. The van der Waals surface area contributed by atoms with Crippen LogP contribution in [-0.2, 0) is 0 Å². The van der Waals surface area contributed by atoms with E-state index in [4.69, 9.17) is 4.74 Å². The molecule has 1 aromatic carbocycles. The van der Waals surface area contributed by atoms with Crippen molar-refractivity contribution < 1.29 is 9.53 Å². The predicted molar refractivity (Wildman–Crippen MR) is 96.5 cm³/mol. The second-order valence-corrected chi connectivity index (χ2v) is 5.98. The Kier molecular flexibility index (Phi) is 6.68. The maximum atomic E-state index is 12.5. The van der Waals surface area contributed by atoms with E-state index in [1.807, 2.05) is 13.0 Å². The largest absolute Gasteiger partial charge is 0.493 e. The molecule has 24 heavy (non-hydrogen) atoms. The molecule has 0 bridgehead atoms. The molecule has 0 atom stereocenters. The van der Waals surface area contributed by atoms with Gasteiger partial charge in [-0.3, -0.25) is 10.1 Å². The molecule has 0 saturated carbocycles. The van der Waals surface area contributed by atoms with Crippen LogP contribution in [-0.4, -0.2) is 24.0 Å². The number of thiazole rings is 1. The van der Waals surface area contributed by atoms with Crippen molar-refractivity contribution in [2.45, 2.75) is 26.7 Å². The predicted octanol–water partition coefficient (Wildman–Crippen LogP) is 4.40. The topological polar surface area (TPSA) is 92.7 Å². The Morgan fingerprint density at radius 3 is 2.88 bits per heavy atom. The first-order valence-electron chi connectivity index (χ1n) is 7.79. The van der Waals surface area contributed by atoms with Gasteiger partial charge < -0.3 is 10.1 Å². The summed E-state index contributed by atoms with van der Waals surface area (Å²) >= 11 is 1.02. The molecule has 1 heterocycles. The summed E-state index contributed by atoms with van der Waals surface area (Å²) in [7, 11) is 0. The Bertz CT molecular complexity index is 702. The maximum absolute atomic E-state index is 12.5. The van der Waals surface area contributed by atoms with E-state index in [0.29, 0.717) is 23.1 Å².